The molecule has 106 valence electrons. The number of phenolic OH excluding ortho intramolecular Hbond substituents is 2. The van der Waals surface area contributed by atoms with Gasteiger partial charge >= 0.3 is 0 Å². The molecule has 0 saturated carbocycles. The molecule has 0 saturated heterocycles. The molecule has 2 aromatic rings. The lowest BCUT2D eigenvalue weighted by Crippen LogP contribution is -1.92. The van der Waals surface area contributed by atoms with Gasteiger partial charge < -0.3 is 10.2 Å². The molecule has 4 heteroatoms. The van der Waals surface area contributed by atoms with Crippen LogP contribution in [0.1, 0.15) is 22.3 Å². The fraction of sp³-hybridized carbons (Fsp3) is 0.250. The van der Waals surface area contributed by atoms with E-state index in [0.717, 1.165) is 11.1 Å². The summed E-state index contributed by atoms with van der Waals surface area (Å²) in [7, 11) is 0. The molecule has 0 aliphatic carbocycles. The van der Waals surface area contributed by atoms with Crippen molar-refractivity contribution in [1.29, 1.82) is 0 Å². The van der Waals surface area contributed by atoms with E-state index in [1.807, 2.05) is 13.8 Å². The van der Waals surface area contributed by atoms with Gasteiger partial charge in [0, 0.05) is 22.3 Å². The minimum absolute atomic E-state index is 0.0806. The highest BCUT2D eigenvalue weighted by atomic mass is 35.5. The smallest absolute Gasteiger partial charge is 0.127 e. The molecule has 0 unspecified atom stereocenters. The van der Waals surface area contributed by atoms with Gasteiger partial charge in [-0.2, -0.15) is 0 Å². The summed E-state index contributed by atoms with van der Waals surface area (Å²) in [6.07, 6.45) is 0. The summed E-state index contributed by atoms with van der Waals surface area (Å²) < 4.78 is 0. The van der Waals surface area contributed by atoms with Crippen molar-refractivity contribution in [2.24, 2.45) is 0 Å². The van der Waals surface area contributed by atoms with Crippen molar-refractivity contribution in [1.82, 2.24) is 0 Å². The second-order valence-corrected chi connectivity index (χ2v) is 5.81. The summed E-state index contributed by atoms with van der Waals surface area (Å²) in [6.45, 7) is 7.23. The number of phenols is 2. The normalized spacial score (nSPS) is 10.9. The zero-order chi connectivity index (χ0) is 15.2. The highest BCUT2D eigenvalue weighted by molar-refractivity contribution is 6.33. The minimum Gasteiger partial charge on any atom is -0.507 e. The Kier molecular flexibility index (Phi) is 3.90. The number of aryl methyl sites for hydroxylation is 2. The molecule has 0 aromatic heterocycles. The van der Waals surface area contributed by atoms with Gasteiger partial charge in [-0.05, 0) is 51.0 Å². The molecule has 2 rings (SSSR count). The van der Waals surface area contributed by atoms with E-state index in [1.165, 1.54) is 0 Å². The van der Waals surface area contributed by atoms with Crippen LogP contribution >= 0.6 is 23.2 Å². The Hall–Kier alpha value is -1.38. The van der Waals surface area contributed by atoms with Crippen LogP contribution in [0.15, 0.2) is 12.1 Å². The zero-order valence-electron chi connectivity index (χ0n) is 11.8. The molecular formula is C16H16Cl2O2. The Balaban J connectivity index is 2.83. The van der Waals surface area contributed by atoms with Crippen LogP contribution in [0, 0.1) is 27.7 Å². The van der Waals surface area contributed by atoms with E-state index < -0.39 is 0 Å². The van der Waals surface area contributed by atoms with Crippen LogP contribution in [0.2, 0.25) is 10.0 Å². The Morgan fingerprint density at radius 3 is 1.30 bits per heavy atom. The van der Waals surface area contributed by atoms with Crippen LogP contribution in [0.3, 0.4) is 0 Å². The largest absolute Gasteiger partial charge is 0.507 e. The lowest BCUT2D eigenvalue weighted by atomic mass is 9.95. The maximum Gasteiger partial charge on any atom is 0.127 e. The van der Waals surface area contributed by atoms with Crippen molar-refractivity contribution < 1.29 is 10.2 Å². The number of rotatable bonds is 1. The zero-order valence-corrected chi connectivity index (χ0v) is 13.3. The Labute approximate surface area is 128 Å². The molecule has 0 fully saturated rings. The van der Waals surface area contributed by atoms with Crippen molar-refractivity contribution in [3.8, 4) is 22.6 Å². The summed E-state index contributed by atoms with van der Waals surface area (Å²) in [5.41, 5.74) is 4.02. The number of hydrogen-bond acceptors (Lipinski definition) is 2. The second-order valence-electron chi connectivity index (χ2n) is 5.06. The maximum absolute atomic E-state index is 10.3. The number of halogens is 2. The molecule has 0 aliphatic rings. The third kappa shape index (κ3) is 2.23. The van der Waals surface area contributed by atoms with E-state index >= 15 is 0 Å². The first-order chi connectivity index (χ1) is 9.25. The van der Waals surface area contributed by atoms with E-state index in [1.54, 1.807) is 26.0 Å². The lowest BCUT2D eigenvalue weighted by Gasteiger charge is -2.16. The van der Waals surface area contributed by atoms with Gasteiger partial charge in [-0.15, -0.1) is 0 Å². The summed E-state index contributed by atoms with van der Waals surface area (Å²) in [4.78, 5) is 0. The lowest BCUT2D eigenvalue weighted by molar-refractivity contribution is 0.465. The quantitative estimate of drug-likeness (QED) is 0.749. The second kappa shape index (κ2) is 5.19. The molecular weight excluding hydrogens is 295 g/mol. The molecule has 20 heavy (non-hydrogen) atoms. The van der Waals surface area contributed by atoms with Gasteiger partial charge in [0.15, 0.2) is 0 Å². The van der Waals surface area contributed by atoms with Gasteiger partial charge in [0.25, 0.3) is 0 Å². The number of aromatic hydroxyl groups is 2. The first kappa shape index (κ1) is 15.0. The maximum atomic E-state index is 10.3. The van der Waals surface area contributed by atoms with Crippen molar-refractivity contribution in [3.63, 3.8) is 0 Å². The predicted octanol–water partition coefficient (Wildman–Crippen LogP) is 5.31. The van der Waals surface area contributed by atoms with Crippen molar-refractivity contribution >= 4 is 23.2 Å². The number of hydrogen-bond donors (Lipinski definition) is 2. The first-order valence-electron chi connectivity index (χ1n) is 6.23. The van der Waals surface area contributed by atoms with Crippen LogP contribution < -0.4 is 0 Å². The molecule has 0 spiro atoms. The molecule has 0 aliphatic heterocycles. The fourth-order valence-corrected chi connectivity index (χ4v) is 2.60. The van der Waals surface area contributed by atoms with E-state index in [4.69, 9.17) is 23.2 Å². The number of benzene rings is 2. The molecule has 2 nitrogen and oxygen atoms in total. The SMILES string of the molecule is Cc1cc(-c2cc(C)c(Cl)c(C)c2O)c(O)c(C)c1Cl. The molecule has 0 heterocycles. The Morgan fingerprint density at radius 2 is 1.00 bits per heavy atom. The molecule has 2 aromatic carbocycles. The average Bonchev–Trinajstić information content (AvgIpc) is 2.42. The van der Waals surface area contributed by atoms with Crippen LogP contribution in [0.5, 0.6) is 11.5 Å². The van der Waals surface area contributed by atoms with Crippen LogP contribution in [0.4, 0.5) is 0 Å². The van der Waals surface area contributed by atoms with Crippen LogP contribution in [0.25, 0.3) is 11.1 Å². The molecule has 0 radical (unpaired) electrons. The highest BCUT2D eigenvalue weighted by Crippen LogP contribution is 2.44. The Bertz CT molecular complexity index is 645. The summed E-state index contributed by atoms with van der Waals surface area (Å²) >= 11 is 12.3. The van der Waals surface area contributed by atoms with Gasteiger partial charge in [-0.1, -0.05) is 23.2 Å². The highest BCUT2D eigenvalue weighted by Gasteiger charge is 2.18. The van der Waals surface area contributed by atoms with Gasteiger partial charge in [0.05, 0.1) is 10.0 Å². The average molecular weight is 311 g/mol. The van der Waals surface area contributed by atoms with Gasteiger partial charge in [-0.3, -0.25) is 0 Å². The van der Waals surface area contributed by atoms with Crippen molar-refractivity contribution in [2.75, 3.05) is 0 Å². The molecule has 0 bridgehead atoms. The monoisotopic (exact) mass is 310 g/mol. The third-order valence-corrected chi connectivity index (χ3v) is 4.75. The first-order valence-corrected chi connectivity index (χ1v) is 6.99. The fourth-order valence-electron chi connectivity index (χ4n) is 2.31. The van der Waals surface area contributed by atoms with Crippen LogP contribution in [-0.2, 0) is 0 Å². The topological polar surface area (TPSA) is 40.5 Å². The van der Waals surface area contributed by atoms with Crippen LogP contribution in [-0.4, -0.2) is 10.2 Å². The van der Waals surface area contributed by atoms with Crippen molar-refractivity contribution in [3.05, 3.63) is 44.4 Å². The predicted molar refractivity (Wildman–Crippen MR) is 84.2 cm³/mol. The summed E-state index contributed by atoms with van der Waals surface area (Å²) in [6, 6.07) is 3.54. The van der Waals surface area contributed by atoms with E-state index in [0.29, 0.717) is 32.3 Å². The van der Waals surface area contributed by atoms with E-state index in [2.05, 4.69) is 0 Å². The van der Waals surface area contributed by atoms with E-state index in [9.17, 15) is 10.2 Å². The molecule has 0 atom stereocenters. The minimum atomic E-state index is 0.0806. The standard InChI is InChI=1S/C16H16Cl2O2/c1-7-5-11(15(19)9(3)13(7)17)12-6-8(2)14(18)10(4)16(12)20/h5-6,19-20H,1-4H3. The third-order valence-electron chi connectivity index (χ3n) is 3.58. The van der Waals surface area contributed by atoms with Gasteiger partial charge in [0.2, 0.25) is 0 Å². The van der Waals surface area contributed by atoms with Gasteiger partial charge in [-0.25, -0.2) is 0 Å². The summed E-state index contributed by atoms with van der Waals surface area (Å²) in [5.74, 6) is 0.161. The molecule has 2 N–H and O–H groups in total. The molecule has 0 amide bonds. The summed E-state index contributed by atoms with van der Waals surface area (Å²) in [5, 5.41) is 21.7. The van der Waals surface area contributed by atoms with E-state index in [-0.39, 0.29) is 11.5 Å². The van der Waals surface area contributed by atoms with Crippen molar-refractivity contribution in [2.45, 2.75) is 27.7 Å². The Morgan fingerprint density at radius 1 is 0.700 bits per heavy atom. The van der Waals surface area contributed by atoms with Gasteiger partial charge in [0.1, 0.15) is 11.5 Å².